The number of carbonyl (C=O) groups is 1. The first kappa shape index (κ1) is 13.1. The van der Waals surface area contributed by atoms with Crippen molar-refractivity contribution in [1.82, 2.24) is 14.9 Å². The summed E-state index contributed by atoms with van der Waals surface area (Å²) in [5, 5.41) is 0. The van der Waals surface area contributed by atoms with Gasteiger partial charge in [0.05, 0.1) is 19.0 Å². The molecule has 6 nitrogen and oxygen atoms in total. The molecule has 7 heteroatoms. The lowest BCUT2D eigenvalue weighted by Crippen LogP contribution is -2.37. The fourth-order valence-electron chi connectivity index (χ4n) is 2.07. The van der Waals surface area contributed by atoms with Gasteiger partial charge in [-0.25, -0.2) is 14.8 Å². The van der Waals surface area contributed by atoms with Crippen molar-refractivity contribution >= 4 is 27.8 Å². The maximum atomic E-state index is 11.4. The number of ether oxygens (including phenoxy) is 1. The molecule has 1 saturated heterocycles. The maximum Gasteiger partial charge on any atom is 0.409 e. The molecule has 0 aromatic carbocycles. The molecule has 0 bridgehead atoms. The number of amides is 1. The van der Waals surface area contributed by atoms with Gasteiger partial charge in [0.2, 0.25) is 0 Å². The summed E-state index contributed by atoms with van der Waals surface area (Å²) in [5.74, 6) is 0.709. The van der Waals surface area contributed by atoms with E-state index in [4.69, 9.17) is 10.5 Å². The zero-order valence-corrected chi connectivity index (χ0v) is 11.7. The van der Waals surface area contributed by atoms with Gasteiger partial charge in [0.1, 0.15) is 4.60 Å². The van der Waals surface area contributed by atoms with Crippen molar-refractivity contribution < 1.29 is 9.53 Å². The Bertz CT molecular complexity index is 447. The van der Waals surface area contributed by atoms with E-state index < -0.39 is 0 Å². The van der Waals surface area contributed by atoms with Crippen molar-refractivity contribution in [2.24, 2.45) is 0 Å². The Labute approximate surface area is 114 Å². The van der Waals surface area contributed by atoms with E-state index in [1.54, 1.807) is 11.1 Å². The predicted molar refractivity (Wildman–Crippen MR) is 70.1 cm³/mol. The van der Waals surface area contributed by atoms with Crippen LogP contribution in [0.4, 0.5) is 10.6 Å². The number of likely N-dealkylation sites (tertiary alicyclic amines) is 1. The van der Waals surface area contributed by atoms with E-state index in [0.29, 0.717) is 29.4 Å². The van der Waals surface area contributed by atoms with Crippen LogP contribution in [0.2, 0.25) is 0 Å². The lowest BCUT2D eigenvalue weighted by atomic mass is 9.94. The molecular formula is C11H15BrN4O2. The van der Waals surface area contributed by atoms with Crippen molar-refractivity contribution in [2.75, 3.05) is 25.9 Å². The fraction of sp³-hybridized carbons (Fsp3) is 0.545. The number of methoxy groups -OCH3 is 1. The van der Waals surface area contributed by atoms with Gasteiger partial charge in [-0.2, -0.15) is 0 Å². The van der Waals surface area contributed by atoms with Crippen LogP contribution in [-0.2, 0) is 4.74 Å². The molecule has 98 valence electrons. The third kappa shape index (κ3) is 2.72. The van der Waals surface area contributed by atoms with Gasteiger partial charge in [0.25, 0.3) is 0 Å². The second-order valence-electron chi connectivity index (χ2n) is 4.20. The molecule has 0 unspecified atom stereocenters. The highest BCUT2D eigenvalue weighted by Crippen LogP contribution is 2.28. The summed E-state index contributed by atoms with van der Waals surface area (Å²) in [4.78, 5) is 21.5. The van der Waals surface area contributed by atoms with E-state index in [9.17, 15) is 4.79 Å². The van der Waals surface area contributed by atoms with Gasteiger partial charge >= 0.3 is 6.09 Å². The second-order valence-corrected chi connectivity index (χ2v) is 4.95. The molecule has 0 spiro atoms. The van der Waals surface area contributed by atoms with Crippen molar-refractivity contribution in [3.8, 4) is 0 Å². The van der Waals surface area contributed by atoms with Crippen molar-refractivity contribution in [2.45, 2.75) is 18.8 Å². The molecule has 1 amide bonds. The highest BCUT2D eigenvalue weighted by Gasteiger charge is 2.25. The van der Waals surface area contributed by atoms with Gasteiger partial charge < -0.3 is 15.4 Å². The number of aromatic nitrogens is 2. The molecule has 0 saturated carbocycles. The molecule has 2 rings (SSSR count). The molecule has 1 aliphatic heterocycles. The minimum absolute atomic E-state index is 0.266. The molecule has 18 heavy (non-hydrogen) atoms. The fourth-order valence-corrected chi connectivity index (χ4v) is 2.38. The van der Waals surface area contributed by atoms with E-state index in [2.05, 4.69) is 25.9 Å². The molecular weight excluding hydrogens is 300 g/mol. The van der Waals surface area contributed by atoms with Gasteiger partial charge in [-0.1, -0.05) is 0 Å². The predicted octanol–water partition coefficient (Wildman–Crippen LogP) is 1.77. The molecule has 0 radical (unpaired) electrons. The molecule has 1 aromatic heterocycles. The number of nitrogens with two attached hydrogens (primary N) is 1. The number of hydrogen-bond acceptors (Lipinski definition) is 5. The first-order valence-electron chi connectivity index (χ1n) is 5.72. The summed E-state index contributed by atoms with van der Waals surface area (Å²) in [5.41, 5.74) is 6.53. The van der Waals surface area contributed by atoms with Crippen LogP contribution in [-0.4, -0.2) is 41.2 Å². The van der Waals surface area contributed by atoms with Crippen LogP contribution in [0.1, 0.15) is 24.5 Å². The molecule has 2 N–H and O–H groups in total. The smallest absolute Gasteiger partial charge is 0.409 e. The third-order valence-corrected chi connectivity index (χ3v) is 3.70. The van der Waals surface area contributed by atoms with Crippen molar-refractivity contribution in [1.29, 1.82) is 0 Å². The largest absolute Gasteiger partial charge is 0.453 e. The Balaban J connectivity index is 2.01. The Hall–Kier alpha value is -1.37. The van der Waals surface area contributed by atoms with E-state index in [-0.39, 0.29) is 6.09 Å². The highest BCUT2D eigenvalue weighted by molar-refractivity contribution is 9.10. The quantitative estimate of drug-likeness (QED) is 0.854. The van der Waals surface area contributed by atoms with Crippen LogP contribution in [0.5, 0.6) is 0 Å². The minimum atomic E-state index is -0.266. The van der Waals surface area contributed by atoms with Crippen LogP contribution in [0, 0.1) is 0 Å². The van der Waals surface area contributed by atoms with Crippen LogP contribution in [0.25, 0.3) is 0 Å². The number of piperidine rings is 1. The number of nitrogen functional groups attached to an aromatic ring is 1. The van der Waals surface area contributed by atoms with Crippen molar-refractivity contribution in [3.63, 3.8) is 0 Å². The second kappa shape index (κ2) is 5.51. The number of rotatable bonds is 1. The molecule has 0 aliphatic carbocycles. The summed E-state index contributed by atoms with van der Waals surface area (Å²) in [6.07, 6.45) is 3.16. The molecule has 0 atom stereocenters. The van der Waals surface area contributed by atoms with Crippen LogP contribution >= 0.6 is 15.9 Å². The third-order valence-electron chi connectivity index (χ3n) is 3.12. The van der Waals surface area contributed by atoms with Crippen LogP contribution < -0.4 is 5.73 Å². The van der Waals surface area contributed by atoms with Crippen LogP contribution in [0.3, 0.4) is 0 Å². The number of carbonyl (C=O) groups excluding carboxylic acids is 1. The zero-order valence-electron chi connectivity index (χ0n) is 10.1. The van der Waals surface area contributed by atoms with Gasteiger partial charge in [-0.05, 0) is 28.8 Å². The summed E-state index contributed by atoms with van der Waals surface area (Å²) in [7, 11) is 1.40. The van der Waals surface area contributed by atoms with Gasteiger partial charge in [-0.3, -0.25) is 0 Å². The van der Waals surface area contributed by atoms with Gasteiger partial charge in [-0.15, -0.1) is 0 Å². The normalized spacial score (nSPS) is 16.7. The van der Waals surface area contributed by atoms with Gasteiger partial charge in [0, 0.05) is 19.0 Å². The monoisotopic (exact) mass is 314 g/mol. The molecule has 1 aromatic rings. The highest BCUT2D eigenvalue weighted by atomic mass is 79.9. The van der Waals surface area contributed by atoms with E-state index >= 15 is 0 Å². The van der Waals surface area contributed by atoms with Crippen LogP contribution in [0.15, 0.2) is 10.8 Å². The topological polar surface area (TPSA) is 81.3 Å². The maximum absolute atomic E-state index is 11.4. The number of nitrogens with zero attached hydrogens (tertiary/aromatic N) is 3. The molecule has 2 heterocycles. The first-order chi connectivity index (χ1) is 8.61. The summed E-state index contributed by atoms with van der Waals surface area (Å²) in [6, 6.07) is 0. The molecule has 1 fully saturated rings. The lowest BCUT2D eigenvalue weighted by molar-refractivity contribution is 0.112. The molecule has 1 aliphatic rings. The summed E-state index contributed by atoms with van der Waals surface area (Å²) < 4.78 is 5.28. The Morgan fingerprint density at radius 2 is 2.22 bits per heavy atom. The SMILES string of the molecule is COC(=O)N1CCC(c2cnc(N)c(Br)n2)CC1. The summed E-state index contributed by atoms with van der Waals surface area (Å²) >= 11 is 3.28. The van der Waals surface area contributed by atoms with E-state index in [1.807, 2.05) is 0 Å². The number of anilines is 1. The number of halogens is 1. The Morgan fingerprint density at radius 3 is 2.78 bits per heavy atom. The van der Waals surface area contributed by atoms with Gasteiger partial charge in [0.15, 0.2) is 5.82 Å². The average molecular weight is 315 g/mol. The first-order valence-corrected chi connectivity index (χ1v) is 6.52. The zero-order chi connectivity index (χ0) is 13.1. The Kier molecular flexibility index (Phi) is 4.00. The van der Waals surface area contributed by atoms with Crippen molar-refractivity contribution in [3.05, 3.63) is 16.5 Å². The minimum Gasteiger partial charge on any atom is -0.453 e. The summed E-state index contributed by atoms with van der Waals surface area (Å²) in [6.45, 7) is 1.36. The Morgan fingerprint density at radius 1 is 1.56 bits per heavy atom. The standard InChI is InChI=1S/C11H15BrN4O2/c1-18-11(17)16-4-2-7(3-5-16)8-6-14-10(13)9(12)15-8/h6-7H,2-5H2,1H3,(H2,13,14). The average Bonchev–Trinajstić information content (AvgIpc) is 2.41. The lowest BCUT2D eigenvalue weighted by Gasteiger charge is -2.30. The van der Waals surface area contributed by atoms with E-state index in [1.165, 1.54) is 7.11 Å². The van der Waals surface area contributed by atoms with E-state index in [0.717, 1.165) is 18.5 Å². The number of hydrogen-bond donors (Lipinski definition) is 1.